The van der Waals surface area contributed by atoms with Gasteiger partial charge in [0.05, 0.1) is 0 Å². The SMILES string of the molecule is CCN(CC)CCNCc1ccc(NC(C)=O)cc1. The van der Waals surface area contributed by atoms with Crippen molar-refractivity contribution in [2.75, 3.05) is 31.5 Å². The number of hydrogen-bond acceptors (Lipinski definition) is 3. The molecule has 1 aromatic rings. The number of amides is 1. The summed E-state index contributed by atoms with van der Waals surface area (Å²) in [6.45, 7) is 11.0. The summed E-state index contributed by atoms with van der Waals surface area (Å²) in [7, 11) is 0. The van der Waals surface area contributed by atoms with Crippen LogP contribution in [0.4, 0.5) is 5.69 Å². The molecule has 0 fully saturated rings. The molecule has 0 radical (unpaired) electrons. The average Bonchev–Trinajstić information content (AvgIpc) is 2.40. The van der Waals surface area contributed by atoms with Gasteiger partial charge >= 0.3 is 0 Å². The zero-order valence-corrected chi connectivity index (χ0v) is 12.2. The Hall–Kier alpha value is -1.39. The molecule has 4 nitrogen and oxygen atoms in total. The van der Waals surface area contributed by atoms with E-state index in [1.54, 1.807) is 0 Å². The topological polar surface area (TPSA) is 44.4 Å². The van der Waals surface area contributed by atoms with Crippen LogP contribution in [0, 0.1) is 0 Å². The smallest absolute Gasteiger partial charge is 0.221 e. The second kappa shape index (κ2) is 8.67. The zero-order chi connectivity index (χ0) is 14.1. The minimum absolute atomic E-state index is 0.0369. The summed E-state index contributed by atoms with van der Waals surface area (Å²) in [6, 6.07) is 7.94. The molecule has 0 spiro atoms. The Bertz CT molecular complexity index is 371. The molecule has 1 aromatic carbocycles. The zero-order valence-electron chi connectivity index (χ0n) is 12.2. The van der Waals surface area contributed by atoms with Crippen LogP contribution in [0.25, 0.3) is 0 Å². The van der Waals surface area contributed by atoms with Crippen molar-refractivity contribution in [2.45, 2.75) is 27.3 Å². The van der Waals surface area contributed by atoms with Crippen LogP contribution in [0.1, 0.15) is 26.3 Å². The first-order chi connectivity index (χ1) is 9.15. The van der Waals surface area contributed by atoms with Gasteiger partial charge in [0, 0.05) is 32.2 Å². The largest absolute Gasteiger partial charge is 0.326 e. The average molecular weight is 263 g/mol. The highest BCUT2D eigenvalue weighted by Crippen LogP contribution is 2.09. The Balaban J connectivity index is 2.28. The molecule has 0 atom stereocenters. The van der Waals surface area contributed by atoms with Gasteiger partial charge in [-0.2, -0.15) is 0 Å². The first-order valence-corrected chi connectivity index (χ1v) is 6.95. The van der Waals surface area contributed by atoms with Crippen LogP contribution >= 0.6 is 0 Å². The third-order valence-corrected chi connectivity index (χ3v) is 3.10. The maximum Gasteiger partial charge on any atom is 0.221 e. The van der Waals surface area contributed by atoms with Crippen LogP contribution in [-0.2, 0) is 11.3 Å². The lowest BCUT2D eigenvalue weighted by Gasteiger charge is -2.18. The molecule has 0 aliphatic rings. The quantitative estimate of drug-likeness (QED) is 0.706. The monoisotopic (exact) mass is 263 g/mol. The lowest BCUT2D eigenvalue weighted by Crippen LogP contribution is -2.31. The normalized spacial score (nSPS) is 10.7. The molecular formula is C15H25N3O. The van der Waals surface area contributed by atoms with Crippen LogP contribution < -0.4 is 10.6 Å². The minimum atomic E-state index is -0.0369. The summed E-state index contributed by atoms with van der Waals surface area (Å²) < 4.78 is 0. The van der Waals surface area contributed by atoms with Crippen molar-refractivity contribution < 1.29 is 4.79 Å². The van der Waals surface area contributed by atoms with Crippen LogP contribution in [0.15, 0.2) is 24.3 Å². The molecule has 4 heteroatoms. The van der Waals surface area contributed by atoms with Gasteiger partial charge in [-0.25, -0.2) is 0 Å². The van der Waals surface area contributed by atoms with Crippen molar-refractivity contribution >= 4 is 11.6 Å². The van der Waals surface area contributed by atoms with Crippen molar-refractivity contribution in [3.63, 3.8) is 0 Å². The van der Waals surface area contributed by atoms with Gasteiger partial charge in [-0.1, -0.05) is 26.0 Å². The number of nitrogens with zero attached hydrogens (tertiary/aromatic N) is 1. The first-order valence-electron chi connectivity index (χ1n) is 6.95. The molecule has 0 aliphatic carbocycles. The van der Waals surface area contributed by atoms with E-state index in [-0.39, 0.29) is 5.91 Å². The van der Waals surface area contributed by atoms with Crippen LogP contribution in [-0.4, -0.2) is 37.0 Å². The van der Waals surface area contributed by atoms with Gasteiger partial charge in [0.1, 0.15) is 0 Å². The summed E-state index contributed by atoms with van der Waals surface area (Å²) in [5, 5.41) is 6.20. The van der Waals surface area contributed by atoms with Crippen molar-refractivity contribution in [3.8, 4) is 0 Å². The van der Waals surface area contributed by atoms with E-state index in [9.17, 15) is 4.79 Å². The third-order valence-electron chi connectivity index (χ3n) is 3.10. The number of carbonyl (C=O) groups excluding carboxylic acids is 1. The molecule has 0 saturated carbocycles. The van der Waals surface area contributed by atoms with Crippen molar-refractivity contribution in [1.29, 1.82) is 0 Å². The highest BCUT2D eigenvalue weighted by atomic mass is 16.1. The molecule has 0 heterocycles. The van der Waals surface area contributed by atoms with Gasteiger partial charge in [0.25, 0.3) is 0 Å². The number of anilines is 1. The van der Waals surface area contributed by atoms with Crippen LogP contribution in [0.3, 0.4) is 0 Å². The molecule has 2 N–H and O–H groups in total. The molecule has 0 aromatic heterocycles. The maximum absolute atomic E-state index is 10.9. The minimum Gasteiger partial charge on any atom is -0.326 e. The molecule has 1 rings (SSSR count). The number of nitrogens with one attached hydrogen (secondary N) is 2. The van der Waals surface area contributed by atoms with E-state index < -0.39 is 0 Å². The van der Waals surface area contributed by atoms with Crippen molar-refractivity contribution in [2.24, 2.45) is 0 Å². The molecule has 0 bridgehead atoms. The maximum atomic E-state index is 10.9. The first kappa shape index (κ1) is 15.7. The Kier molecular flexibility index (Phi) is 7.15. The van der Waals surface area contributed by atoms with E-state index in [0.717, 1.165) is 38.4 Å². The van der Waals surface area contributed by atoms with Gasteiger partial charge in [0.2, 0.25) is 5.91 Å². The molecule has 0 saturated heterocycles. The second-order valence-electron chi connectivity index (χ2n) is 4.58. The van der Waals surface area contributed by atoms with E-state index >= 15 is 0 Å². The number of likely N-dealkylation sites (N-methyl/N-ethyl adjacent to an activating group) is 1. The summed E-state index contributed by atoms with van der Waals surface area (Å²) in [5.74, 6) is -0.0369. The van der Waals surface area contributed by atoms with Crippen molar-refractivity contribution in [1.82, 2.24) is 10.2 Å². The van der Waals surface area contributed by atoms with E-state index in [2.05, 4.69) is 29.4 Å². The number of hydrogen-bond donors (Lipinski definition) is 2. The van der Waals surface area contributed by atoms with Gasteiger partial charge in [-0.15, -0.1) is 0 Å². The highest BCUT2D eigenvalue weighted by molar-refractivity contribution is 5.88. The fourth-order valence-corrected chi connectivity index (χ4v) is 1.92. The lowest BCUT2D eigenvalue weighted by molar-refractivity contribution is -0.114. The van der Waals surface area contributed by atoms with Gasteiger partial charge in [-0.05, 0) is 30.8 Å². The van der Waals surface area contributed by atoms with Gasteiger partial charge in [-0.3, -0.25) is 4.79 Å². The van der Waals surface area contributed by atoms with Gasteiger partial charge < -0.3 is 15.5 Å². The Morgan fingerprint density at radius 1 is 1.16 bits per heavy atom. The van der Waals surface area contributed by atoms with Crippen LogP contribution in [0.5, 0.6) is 0 Å². The molecule has 19 heavy (non-hydrogen) atoms. The third kappa shape index (κ3) is 6.36. The molecule has 106 valence electrons. The van der Waals surface area contributed by atoms with E-state index in [4.69, 9.17) is 0 Å². The fraction of sp³-hybridized carbons (Fsp3) is 0.533. The van der Waals surface area contributed by atoms with Crippen LogP contribution in [0.2, 0.25) is 0 Å². The molecule has 0 aliphatic heterocycles. The Morgan fingerprint density at radius 3 is 2.32 bits per heavy atom. The molecular weight excluding hydrogens is 238 g/mol. The van der Waals surface area contributed by atoms with Gasteiger partial charge in [0.15, 0.2) is 0 Å². The van der Waals surface area contributed by atoms with E-state index in [1.807, 2.05) is 24.3 Å². The predicted octanol–water partition coefficient (Wildman–Crippen LogP) is 2.08. The van der Waals surface area contributed by atoms with Crippen molar-refractivity contribution in [3.05, 3.63) is 29.8 Å². The summed E-state index contributed by atoms with van der Waals surface area (Å²) in [6.07, 6.45) is 0. The van der Waals surface area contributed by atoms with E-state index in [1.165, 1.54) is 12.5 Å². The fourth-order valence-electron chi connectivity index (χ4n) is 1.92. The highest BCUT2D eigenvalue weighted by Gasteiger charge is 1.99. The second-order valence-corrected chi connectivity index (χ2v) is 4.58. The Labute approximate surface area is 116 Å². The summed E-state index contributed by atoms with van der Waals surface area (Å²) in [5.41, 5.74) is 2.08. The standard InChI is InChI=1S/C15H25N3O/c1-4-18(5-2)11-10-16-12-14-6-8-15(9-7-14)17-13(3)19/h6-9,16H,4-5,10-12H2,1-3H3,(H,17,19). The number of carbonyl (C=O) groups is 1. The summed E-state index contributed by atoms with van der Waals surface area (Å²) >= 11 is 0. The predicted molar refractivity (Wildman–Crippen MR) is 80.2 cm³/mol. The molecule has 0 unspecified atom stereocenters. The lowest BCUT2D eigenvalue weighted by atomic mass is 10.2. The Morgan fingerprint density at radius 2 is 1.79 bits per heavy atom. The summed E-state index contributed by atoms with van der Waals surface area (Å²) in [4.78, 5) is 13.3. The number of benzene rings is 1. The van der Waals surface area contributed by atoms with E-state index in [0.29, 0.717) is 0 Å². The molecule has 1 amide bonds. The number of rotatable bonds is 8.